The normalized spacial score (nSPS) is 16.0. The van der Waals surface area contributed by atoms with Gasteiger partial charge in [-0.3, -0.25) is 20.4 Å². The lowest BCUT2D eigenvalue weighted by molar-refractivity contribution is -0.125. The van der Waals surface area contributed by atoms with Crippen molar-refractivity contribution in [2.24, 2.45) is 0 Å². The third-order valence-corrected chi connectivity index (χ3v) is 5.97. The van der Waals surface area contributed by atoms with E-state index in [1.165, 1.54) is 11.3 Å². The number of likely N-dealkylation sites (tertiary alicyclic amines) is 1. The van der Waals surface area contributed by atoms with Gasteiger partial charge in [-0.1, -0.05) is 17.8 Å². The lowest BCUT2D eigenvalue weighted by Gasteiger charge is -2.23. The summed E-state index contributed by atoms with van der Waals surface area (Å²) in [4.78, 5) is 27.7. The van der Waals surface area contributed by atoms with Gasteiger partial charge in [-0.05, 0) is 60.8 Å². The molecule has 29 heavy (non-hydrogen) atoms. The van der Waals surface area contributed by atoms with Gasteiger partial charge in [0.1, 0.15) is 6.04 Å². The van der Waals surface area contributed by atoms with E-state index in [9.17, 15) is 18.4 Å². The zero-order valence-electron chi connectivity index (χ0n) is 15.1. The first-order valence-corrected chi connectivity index (χ1v) is 10.9. The number of carbonyl (C=O) groups excluding carboxylic acids is 2. The molecular formula is C18H18F2N4O2S3. The Kier molecular flexibility index (Phi) is 7.40. The van der Waals surface area contributed by atoms with Gasteiger partial charge in [-0.25, -0.2) is 0 Å². The number of rotatable bonds is 5. The zero-order valence-corrected chi connectivity index (χ0v) is 17.5. The topological polar surface area (TPSA) is 73.5 Å². The van der Waals surface area contributed by atoms with Crippen LogP contribution in [0.3, 0.4) is 0 Å². The molecular weight excluding hydrogens is 438 g/mol. The van der Waals surface area contributed by atoms with E-state index in [1.807, 2.05) is 5.38 Å². The second kappa shape index (κ2) is 9.99. The average molecular weight is 457 g/mol. The molecule has 0 aliphatic carbocycles. The number of nitrogens with one attached hydrogen (secondary N) is 3. The van der Waals surface area contributed by atoms with Crippen molar-refractivity contribution in [3.05, 3.63) is 46.7 Å². The van der Waals surface area contributed by atoms with Gasteiger partial charge in [0.05, 0.1) is 4.88 Å². The Morgan fingerprint density at radius 3 is 2.62 bits per heavy atom. The molecule has 1 aromatic carbocycles. The number of amides is 2. The Balaban J connectivity index is 1.49. The standard InChI is InChI=1S/C18H18F2N4O2S3/c19-17(20)29-12-7-5-11(6-8-12)21-18(27)23-22-15(25)13-3-1-9-24(13)16(26)14-4-2-10-28-14/h2,4-8,10,13,17H,1,3,9H2,(H,22,25)(H2,21,23,27)/t13-/m1/s1. The summed E-state index contributed by atoms with van der Waals surface area (Å²) >= 11 is 6.94. The molecule has 2 amide bonds. The summed E-state index contributed by atoms with van der Waals surface area (Å²) in [5.41, 5.74) is 5.72. The number of nitrogens with zero attached hydrogens (tertiary/aromatic N) is 1. The molecule has 1 saturated heterocycles. The van der Waals surface area contributed by atoms with Crippen LogP contribution in [0.4, 0.5) is 14.5 Å². The molecule has 3 N–H and O–H groups in total. The third kappa shape index (κ3) is 5.87. The smallest absolute Gasteiger partial charge is 0.288 e. The van der Waals surface area contributed by atoms with Gasteiger partial charge in [-0.15, -0.1) is 11.3 Å². The maximum atomic E-state index is 12.5. The Bertz CT molecular complexity index is 863. The lowest BCUT2D eigenvalue weighted by Crippen LogP contribution is -2.52. The number of halogens is 2. The molecule has 1 aliphatic rings. The van der Waals surface area contributed by atoms with Crippen molar-refractivity contribution in [3.63, 3.8) is 0 Å². The number of alkyl halides is 2. The fraction of sp³-hybridized carbons (Fsp3) is 0.278. The highest BCUT2D eigenvalue weighted by atomic mass is 32.2. The van der Waals surface area contributed by atoms with Crippen LogP contribution in [0.1, 0.15) is 22.5 Å². The molecule has 6 nitrogen and oxygen atoms in total. The predicted molar refractivity (Wildman–Crippen MR) is 114 cm³/mol. The molecule has 1 aliphatic heterocycles. The van der Waals surface area contributed by atoms with Gasteiger partial charge in [-0.2, -0.15) is 8.78 Å². The van der Waals surface area contributed by atoms with E-state index < -0.39 is 11.8 Å². The minimum absolute atomic E-state index is 0.141. The van der Waals surface area contributed by atoms with Crippen LogP contribution in [0.15, 0.2) is 46.7 Å². The van der Waals surface area contributed by atoms with Crippen molar-refractivity contribution in [1.29, 1.82) is 0 Å². The number of anilines is 1. The maximum Gasteiger partial charge on any atom is 0.288 e. The fourth-order valence-corrected chi connectivity index (χ4v) is 4.25. The molecule has 1 fully saturated rings. The predicted octanol–water partition coefficient (Wildman–Crippen LogP) is 3.69. The van der Waals surface area contributed by atoms with Gasteiger partial charge in [0.2, 0.25) is 0 Å². The van der Waals surface area contributed by atoms with Crippen LogP contribution in [0.5, 0.6) is 0 Å². The monoisotopic (exact) mass is 456 g/mol. The van der Waals surface area contributed by atoms with Gasteiger partial charge in [0.15, 0.2) is 5.11 Å². The summed E-state index contributed by atoms with van der Waals surface area (Å²) in [6.45, 7) is 0.528. The molecule has 1 aromatic heterocycles. The van der Waals surface area contributed by atoms with Crippen molar-refractivity contribution in [2.75, 3.05) is 11.9 Å². The van der Waals surface area contributed by atoms with Crippen molar-refractivity contribution in [3.8, 4) is 0 Å². The van der Waals surface area contributed by atoms with Crippen LogP contribution >= 0.6 is 35.3 Å². The highest BCUT2D eigenvalue weighted by Crippen LogP contribution is 2.26. The van der Waals surface area contributed by atoms with E-state index in [0.717, 1.165) is 6.42 Å². The van der Waals surface area contributed by atoms with Crippen LogP contribution in [0, 0.1) is 0 Å². The summed E-state index contributed by atoms with van der Waals surface area (Å²) in [6, 6.07) is 9.29. The number of thiocarbonyl (C=S) groups is 1. The number of hydrazine groups is 1. The first-order chi connectivity index (χ1) is 13.9. The van der Waals surface area contributed by atoms with Crippen molar-refractivity contribution in [1.82, 2.24) is 15.8 Å². The Morgan fingerprint density at radius 1 is 1.21 bits per heavy atom. The van der Waals surface area contributed by atoms with E-state index in [4.69, 9.17) is 12.2 Å². The molecule has 0 spiro atoms. The van der Waals surface area contributed by atoms with E-state index in [0.29, 0.717) is 40.2 Å². The molecule has 154 valence electrons. The van der Waals surface area contributed by atoms with E-state index in [-0.39, 0.29) is 16.9 Å². The molecule has 0 bridgehead atoms. The highest BCUT2D eigenvalue weighted by Gasteiger charge is 2.34. The van der Waals surface area contributed by atoms with E-state index >= 15 is 0 Å². The van der Waals surface area contributed by atoms with Crippen LogP contribution in [-0.4, -0.2) is 40.2 Å². The first-order valence-electron chi connectivity index (χ1n) is 8.70. The van der Waals surface area contributed by atoms with E-state index in [2.05, 4.69) is 16.2 Å². The van der Waals surface area contributed by atoms with Crippen LogP contribution in [0.2, 0.25) is 0 Å². The van der Waals surface area contributed by atoms with Crippen LogP contribution in [0.25, 0.3) is 0 Å². The largest absolute Gasteiger partial charge is 0.331 e. The molecule has 3 rings (SSSR count). The third-order valence-electron chi connectivity index (χ3n) is 4.18. The first kappa shape index (κ1) is 21.5. The Labute approximate surface area is 180 Å². The second-order valence-electron chi connectivity index (χ2n) is 6.11. The molecule has 11 heteroatoms. The summed E-state index contributed by atoms with van der Waals surface area (Å²) in [7, 11) is 0. The molecule has 2 aromatic rings. The number of hydrogen-bond acceptors (Lipinski definition) is 5. The number of thiophene rings is 1. The number of carbonyl (C=O) groups is 2. The highest BCUT2D eigenvalue weighted by molar-refractivity contribution is 7.99. The van der Waals surface area contributed by atoms with Crippen molar-refractivity contribution in [2.45, 2.75) is 29.5 Å². The fourth-order valence-electron chi connectivity index (χ4n) is 2.91. The Morgan fingerprint density at radius 2 is 1.97 bits per heavy atom. The summed E-state index contributed by atoms with van der Waals surface area (Å²) in [5, 5.41) is 4.82. The van der Waals surface area contributed by atoms with Crippen LogP contribution < -0.4 is 16.2 Å². The lowest BCUT2D eigenvalue weighted by atomic mass is 10.2. The molecule has 0 unspecified atom stereocenters. The van der Waals surface area contributed by atoms with E-state index in [1.54, 1.807) is 41.3 Å². The SMILES string of the molecule is O=C(NNC(=S)Nc1ccc(SC(F)F)cc1)[C@H]1CCCN1C(=O)c1cccs1. The number of thioether (sulfide) groups is 1. The minimum atomic E-state index is -2.48. The zero-order chi connectivity index (χ0) is 20.8. The van der Waals surface area contributed by atoms with Crippen molar-refractivity contribution >= 4 is 57.9 Å². The summed E-state index contributed by atoms with van der Waals surface area (Å²) < 4.78 is 24.7. The average Bonchev–Trinajstić information content (AvgIpc) is 3.38. The quantitative estimate of drug-likeness (QED) is 0.362. The molecule has 2 heterocycles. The van der Waals surface area contributed by atoms with Crippen molar-refractivity contribution < 1.29 is 18.4 Å². The van der Waals surface area contributed by atoms with Gasteiger partial charge >= 0.3 is 0 Å². The molecule has 0 radical (unpaired) electrons. The molecule has 1 atom stereocenters. The molecule has 0 saturated carbocycles. The number of benzene rings is 1. The summed E-state index contributed by atoms with van der Waals surface area (Å²) in [6.07, 6.45) is 1.33. The maximum absolute atomic E-state index is 12.5. The second-order valence-corrected chi connectivity index (χ2v) is 8.52. The van der Waals surface area contributed by atoms with Gasteiger partial charge < -0.3 is 10.2 Å². The van der Waals surface area contributed by atoms with Crippen LogP contribution in [-0.2, 0) is 4.79 Å². The number of hydrogen-bond donors (Lipinski definition) is 3. The Hall–Kier alpha value is -2.24. The van der Waals surface area contributed by atoms with Gasteiger partial charge in [0, 0.05) is 17.1 Å². The summed E-state index contributed by atoms with van der Waals surface area (Å²) in [5.74, 6) is -2.98. The van der Waals surface area contributed by atoms with Gasteiger partial charge in [0.25, 0.3) is 17.6 Å². The minimum Gasteiger partial charge on any atom is -0.331 e.